The van der Waals surface area contributed by atoms with Crippen molar-refractivity contribution in [2.24, 2.45) is 5.73 Å². The Hall–Kier alpha value is 2.68. The third-order valence-corrected chi connectivity index (χ3v) is 0.558. The number of unbranched alkanes of at least 4 members (excludes halogenated alkanes) is 1. The Kier molecular flexibility index (Phi) is 14.8. The minimum atomic E-state index is -1.93. The zero-order valence-corrected chi connectivity index (χ0v) is 14.9. The van der Waals surface area contributed by atoms with Crippen molar-refractivity contribution >= 4 is 60.3 Å². The summed E-state index contributed by atoms with van der Waals surface area (Å²) in [6.07, 6.45) is 2.39. The SMILES string of the molecule is CCCCN.[Br][Sn]([Br])([Br])[Br]. The Bertz CT molecular complexity index is 56.8. The average molecular weight is 511 g/mol. The van der Waals surface area contributed by atoms with Crippen LogP contribution >= 0.6 is 50.8 Å². The van der Waals surface area contributed by atoms with Crippen molar-refractivity contribution in [2.45, 2.75) is 19.8 Å². The first-order valence-corrected chi connectivity index (χ1v) is 28.5. The monoisotopic (exact) mass is 509 g/mol. The molecule has 0 atom stereocenters. The maximum atomic E-state index is 5.14. The molecule has 0 radical (unpaired) electrons. The van der Waals surface area contributed by atoms with Gasteiger partial charge in [0, 0.05) is 0 Å². The molecule has 0 aliphatic carbocycles. The Morgan fingerprint density at radius 1 is 1.20 bits per heavy atom. The molecular weight excluding hydrogens is 500 g/mol. The predicted octanol–water partition coefficient (Wildman–Crippen LogP) is 3.75. The molecule has 0 aliphatic rings. The van der Waals surface area contributed by atoms with E-state index in [4.69, 9.17) is 5.73 Å². The van der Waals surface area contributed by atoms with Crippen LogP contribution in [-0.2, 0) is 0 Å². The van der Waals surface area contributed by atoms with E-state index in [0.717, 1.165) is 6.54 Å². The molecule has 0 heterocycles. The van der Waals surface area contributed by atoms with Crippen LogP contribution in [0.5, 0.6) is 0 Å². The molecular formula is C4H11Br4NSn. The Labute approximate surface area is 90.8 Å². The number of hydrogen-bond donors (Lipinski definition) is 1. The van der Waals surface area contributed by atoms with Crippen molar-refractivity contribution < 1.29 is 0 Å². The molecule has 64 valence electrons. The number of hydrogen-bond acceptors (Lipinski definition) is 1. The maximum absolute atomic E-state index is 5.14. The summed E-state index contributed by atoms with van der Waals surface area (Å²) in [5.41, 5.74) is 5.14. The van der Waals surface area contributed by atoms with Gasteiger partial charge < -0.3 is 5.73 Å². The van der Waals surface area contributed by atoms with Crippen LogP contribution in [0.15, 0.2) is 0 Å². The predicted molar refractivity (Wildman–Crippen MR) is 65.4 cm³/mol. The fourth-order valence-electron chi connectivity index (χ4n) is 0.204. The fraction of sp³-hybridized carbons (Fsp3) is 1.00. The molecule has 0 saturated heterocycles. The fourth-order valence-corrected chi connectivity index (χ4v) is 0.204. The quantitative estimate of drug-likeness (QED) is 0.562. The topological polar surface area (TPSA) is 26.0 Å². The van der Waals surface area contributed by atoms with Gasteiger partial charge in [0.1, 0.15) is 0 Å². The van der Waals surface area contributed by atoms with Gasteiger partial charge in [-0.2, -0.15) is 0 Å². The van der Waals surface area contributed by atoms with Gasteiger partial charge in [0.15, 0.2) is 0 Å². The van der Waals surface area contributed by atoms with Crippen molar-refractivity contribution in [1.29, 1.82) is 0 Å². The van der Waals surface area contributed by atoms with E-state index in [-0.39, 0.29) is 0 Å². The molecule has 0 aromatic carbocycles. The molecule has 0 saturated carbocycles. The van der Waals surface area contributed by atoms with E-state index in [1.54, 1.807) is 0 Å². The van der Waals surface area contributed by atoms with Crippen molar-refractivity contribution in [2.75, 3.05) is 6.54 Å². The van der Waals surface area contributed by atoms with Gasteiger partial charge in [-0.1, -0.05) is 13.3 Å². The first kappa shape index (κ1) is 15.2. The van der Waals surface area contributed by atoms with Crippen molar-refractivity contribution in [3.05, 3.63) is 0 Å². The molecule has 0 aromatic rings. The van der Waals surface area contributed by atoms with Gasteiger partial charge in [-0.3, -0.25) is 0 Å². The van der Waals surface area contributed by atoms with E-state index in [1.165, 1.54) is 12.8 Å². The molecule has 0 rings (SSSR count). The molecule has 1 nitrogen and oxygen atoms in total. The second-order valence-corrected chi connectivity index (χ2v) is 78.8. The van der Waals surface area contributed by atoms with Crippen LogP contribution in [0.3, 0.4) is 0 Å². The summed E-state index contributed by atoms with van der Waals surface area (Å²) >= 11 is 13.3. The van der Waals surface area contributed by atoms with Gasteiger partial charge in [0.2, 0.25) is 0 Å². The van der Waals surface area contributed by atoms with Crippen LogP contribution in [0.25, 0.3) is 0 Å². The van der Waals surface area contributed by atoms with Gasteiger partial charge in [0.05, 0.1) is 0 Å². The second kappa shape index (κ2) is 9.76. The standard InChI is InChI=1S/C4H11N.4BrH.Sn/c1-2-3-4-5;;;;;/h2-5H2,1H3;4*1H;/q;;;;;+4/p-4. The van der Waals surface area contributed by atoms with Gasteiger partial charge >= 0.3 is 60.3 Å². The number of rotatable bonds is 2. The Balaban J connectivity index is 0. The van der Waals surface area contributed by atoms with E-state index >= 15 is 0 Å². The molecule has 0 unspecified atom stereocenters. The Morgan fingerprint density at radius 3 is 1.50 bits per heavy atom. The molecule has 0 amide bonds. The van der Waals surface area contributed by atoms with E-state index in [2.05, 4.69) is 57.7 Å². The van der Waals surface area contributed by atoms with E-state index in [0.29, 0.717) is 0 Å². The van der Waals surface area contributed by atoms with Crippen molar-refractivity contribution in [1.82, 2.24) is 0 Å². The van der Waals surface area contributed by atoms with Crippen LogP contribution in [0.1, 0.15) is 19.8 Å². The van der Waals surface area contributed by atoms with Crippen LogP contribution in [0.4, 0.5) is 0 Å². The summed E-state index contributed by atoms with van der Waals surface area (Å²) < 4.78 is 0. The zero-order valence-electron chi connectivity index (χ0n) is 5.71. The van der Waals surface area contributed by atoms with Crippen LogP contribution < -0.4 is 5.73 Å². The first-order valence-electron chi connectivity index (χ1n) is 2.87. The van der Waals surface area contributed by atoms with Crippen LogP contribution in [-0.4, -0.2) is 16.0 Å². The molecule has 0 spiro atoms. The van der Waals surface area contributed by atoms with Crippen LogP contribution in [0, 0.1) is 0 Å². The molecule has 6 heteroatoms. The van der Waals surface area contributed by atoms with Crippen molar-refractivity contribution in [3.8, 4) is 0 Å². The van der Waals surface area contributed by atoms with Crippen LogP contribution in [0.2, 0.25) is 0 Å². The third-order valence-electron chi connectivity index (χ3n) is 0.558. The summed E-state index contributed by atoms with van der Waals surface area (Å²) in [7, 11) is -1.93. The summed E-state index contributed by atoms with van der Waals surface area (Å²) in [6, 6.07) is 0. The Morgan fingerprint density at radius 2 is 1.50 bits per heavy atom. The third kappa shape index (κ3) is 45.7. The number of halogens is 4. The average Bonchev–Trinajstić information content (AvgIpc) is 1.63. The molecule has 0 fully saturated rings. The first-order chi connectivity index (χ1) is 4.41. The van der Waals surface area contributed by atoms with Gasteiger partial charge in [-0.25, -0.2) is 0 Å². The summed E-state index contributed by atoms with van der Waals surface area (Å²) in [4.78, 5) is 0. The second-order valence-electron chi connectivity index (χ2n) is 1.57. The molecule has 2 N–H and O–H groups in total. The normalized spacial score (nSPS) is 10.2. The van der Waals surface area contributed by atoms with Gasteiger partial charge in [0.25, 0.3) is 0 Å². The molecule has 10 heavy (non-hydrogen) atoms. The van der Waals surface area contributed by atoms with Gasteiger partial charge in [-0.15, -0.1) is 0 Å². The van der Waals surface area contributed by atoms with Crippen molar-refractivity contribution in [3.63, 3.8) is 0 Å². The summed E-state index contributed by atoms with van der Waals surface area (Å²) in [6.45, 7) is 2.98. The summed E-state index contributed by atoms with van der Waals surface area (Å²) in [5.74, 6) is 0. The van der Waals surface area contributed by atoms with E-state index in [9.17, 15) is 0 Å². The van der Waals surface area contributed by atoms with Gasteiger partial charge in [-0.05, 0) is 13.0 Å². The molecule has 0 bridgehead atoms. The molecule has 0 aliphatic heterocycles. The minimum absolute atomic E-state index is 0.844. The van der Waals surface area contributed by atoms with E-state index < -0.39 is 9.49 Å². The van der Waals surface area contributed by atoms with E-state index in [1.807, 2.05) is 0 Å². The summed E-state index contributed by atoms with van der Waals surface area (Å²) in [5, 5.41) is 0. The zero-order chi connectivity index (χ0) is 8.62. The number of nitrogens with two attached hydrogens (primary N) is 1. The molecule has 0 aromatic heterocycles.